The van der Waals surface area contributed by atoms with E-state index in [1.54, 1.807) is 18.1 Å². The van der Waals surface area contributed by atoms with Crippen molar-refractivity contribution in [3.8, 4) is 5.75 Å². The topological polar surface area (TPSA) is 30.7 Å². The maximum atomic E-state index is 10.7. The lowest BCUT2D eigenvalue weighted by molar-refractivity contribution is -0.901. The molecule has 1 heterocycles. The Bertz CT molecular complexity index is 370. The molecule has 0 saturated carbocycles. The van der Waals surface area contributed by atoms with Crippen molar-refractivity contribution in [3.05, 3.63) is 29.3 Å². The lowest BCUT2D eigenvalue weighted by Gasteiger charge is -2.14. The van der Waals surface area contributed by atoms with E-state index >= 15 is 0 Å². The molecule has 1 aromatic carbocycles. The molecule has 0 atom stereocenters. The van der Waals surface area contributed by atoms with Crippen LogP contribution in [-0.2, 0) is 6.54 Å². The number of aldehydes is 1. The van der Waals surface area contributed by atoms with E-state index < -0.39 is 0 Å². The number of carbonyl (C=O) groups is 1. The largest absolute Gasteiger partial charge is 0.496 e. The Balaban J connectivity index is 2.18. The number of quaternary nitrogens is 1. The minimum atomic E-state index is 0.731. The Labute approximate surface area is 96.0 Å². The van der Waals surface area contributed by atoms with Gasteiger partial charge in [0, 0.05) is 24.0 Å². The summed E-state index contributed by atoms with van der Waals surface area (Å²) in [5.41, 5.74) is 1.87. The van der Waals surface area contributed by atoms with Gasteiger partial charge in [0.25, 0.3) is 0 Å². The fourth-order valence-electron chi connectivity index (χ4n) is 2.33. The minimum Gasteiger partial charge on any atom is -0.496 e. The highest BCUT2D eigenvalue weighted by Gasteiger charge is 2.17. The Morgan fingerprint density at radius 3 is 2.75 bits per heavy atom. The van der Waals surface area contributed by atoms with Crippen molar-refractivity contribution in [2.45, 2.75) is 19.4 Å². The average molecular weight is 220 g/mol. The third kappa shape index (κ3) is 2.42. The predicted octanol–water partition coefficient (Wildman–Crippen LogP) is 0.686. The van der Waals surface area contributed by atoms with Gasteiger partial charge in [0.05, 0.1) is 20.2 Å². The molecule has 2 rings (SSSR count). The van der Waals surface area contributed by atoms with Gasteiger partial charge in [-0.25, -0.2) is 0 Å². The van der Waals surface area contributed by atoms with Gasteiger partial charge in [-0.2, -0.15) is 0 Å². The molecule has 0 amide bonds. The molecule has 0 spiro atoms. The van der Waals surface area contributed by atoms with E-state index in [9.17, 15) is 4.79 Å². The maximum Gasteiger partial charge on any atom is 0.150 e. The second kappa shape index (κ2) is 5.12. The third-order valence-electron chi connectivity index (χ3n) is 3.19. The summed E-state index contributed by atoms with van der Waals surface area (Å²) in [6, 6.07) is 5.63. The first-order valence-electron chi connectivity index (χ1n) is 5.79. The van der Waals surface area contributed by atoms with Crippen molar-refractivity contribution in [2.75, 3.05) is 20.2 Å². The number of nitrogens with one attached hydrogen (secondary N) is 1. The van der Waals surface area contributed by atoms with Crippen molar-refractivity contribution in [1.29, 1.82) is 0 Å². The normalized spacial score (nSPS) is 16.3. The second-order valence-corrected chi connectivity index (χ2v) is 4.32. The first-order valence-corrected chi connectivity index (χ1v) is 5.79. The highest BCUT2D eigenvalue weighted by atomic mass is 16.5. The van der Waals surface area contributed by atoms with Crippen molar-refractivity contribution in [3.63, 3.8) is 0 Å². The highest BCUT2D eigenvalue weighted by molar-refractivity contribution is 5.75. The molecule has 3 nitrogen and oxygen atoms in total. The van der Waals surface area contributed by atoms with Crippen LogP contribution in [-0.4, -0.2) is 26.5 Å². The quantitative estimate of drug-likeness (QED) is 0.757. The molecule has 0 aromatic heterocycles. The van der Waals surface area contributed by atoms with Gasteiger partial charge in [0.2, 0.25) is 0 Å². The summed E-state index contributed by atoms with van der Waals surface area (Å²) in [5, 5.41) is 0. The fourth-order valence-corrected chi connectivity index (χ4v) is 2.33. The van der Waals surface area contributed by atoms with E-state index in [4.69, 9.17) is 4.74 Å². The molecular weight excluding hydrogens is 202 g/mol. The van der Waals surface area contributed by atoms with E-state index in [1.807, 2.05) is 12.1 Å². The Kier molecular flexibility index (Phi) is 3.57. The summed E-state index contributed by atoms with van der Waals surface area (Å²) in [4.78, 5) is 12.3. The minimum absolute atomic E-state index is 0.731. The smallest absolute Gasteiger partial charge is 0.150 e. The van der Waals surface area contributed by atoms with Crippen molar-refractivity contribution < 1.29 is 14.4 Å². The molecular formula is C13H18NO2+. The number of carbonyl (C=O) groups excluding carboxylic acids is 1. The van der Waals surface area contributed by atoms with E-state index in [0.29, 0.717) is 0 Å². The summed E-state index contributed by atoms with van der Waals surface area (Å²) in [6.45, 7) is 3.42. The molecule has 3 heteroatoms. The SMILES string of the molecule is COc1ccc(C=O)cc1C[NH+]1CCCC1. The summed E-state index contributed by atoms with van der Waals surface area (Å²) >= 11 is 0. The first-order chi connectivity index (χ1) is 7.83. The van der Waals surface area contributed by atoms with Gasteiger partial charge in [-0.3, -0.25) is 4.79 Å². The molecule has 1 saturated heterocycles. The molecule has 0 radical (unpaired) electrons. The van der Waals surface area contributed by atoms with Crippen LogP contribution in [0.15, 0.2) is 18.2 Å². The Hall–Kier alpha value is -1.35. The van der Waals surface area contributed by atoms with Gasteiger partial charge < -0.3 is 9.64 Å². The molecule has 1 fully saturated rings. The molecule has 1 aliphatic heterocycles. The van der Waals surface area contributed by atoms with Gasteiger partial charge in [-0.05, 0) is 18.2 Å². The predicted molar refractivity (Wildman–Crippen MR) is 62.0 cm³/mol. The maximum absolute atomic E-state index is 10.7. The third-order valence-corrected chi connectivity index (χ3v) is 3.19. The Morgan fingerprint density at radius 1 is 1.38 bits per heavy atom. The van der Waals surface area contributed by atoms with Crippen LogP contribution in [0.5, 0.6) is 5.75 Å². The molecule has 0 bridgehead atoms. The highest BCUT2D eigenvalue weighted by Crippen LogP contribution is 2.18. The Morgan fingerprint density at radius 2 is 2.12 bits per heavy atom. The van der Waals surface area contributed by atoms with Crippen LogP contribution in [0.4, 0.5) is 0 Å². The summed E-state index contributed by atoms with van der Waals surface area (Å²) < 4.78 is 5.33. The molecule has 16 heavy (non-hydrogen) atoms. The molecule has 86 valence electrons. The zero-order valence-corrected chi connectivity index (χ0v) is 9.66. The van der Waals surface area contributed by atoms with Gasteiger partial charge in [0.15, 0.2) is 0 Å². The molecule has 1 N–H and O–H groups in total. The van der Waals surface area contributed by atoms with Crippen LogP contribution < -0.4 is 9.64 Å². The number of benzene rings is 1. The number of hydrogen-bond donors (Lipinski definition) is 1. The molecule has 0 aliphatic carbocycles. The van der Waals surface area contributed by atoms with E-state index in [0.717, 1.165) is 29.7 Å². The number of hydrogen-bond acceptors (Lipinski definition) is 2. The van der Waals surface area contributed by atoms with Gasteiger partial charge in [0.1, 0.15) is 18.6 Å². The zero-order valence-electron chi connectivity index (χ0n) is 9.66. The van der Waals surface area contributed by atoms with Crippen molar-refractivity contribution >= 4 is 6.29 Å². The van der Waals surface area contributed by atoms with Crippen LogP contribution in [0.1, 0.15) is 28.8 Å². The second-order valence-electron chi connectivity index (χ2n) is 4.32. The van der Waals surface area contributed by atoms with Gasteiger partial charge in [-0.15, -0.1) is 0 Å². The monoisotopic (exact) mass is 220 g/mol. The van der Waals surface area contributed by atoms with Crippen LogP contribution in [0.3, 0.4) is 0 Å². The standard InChI is InChI=1S/C13H17NO2/c1-16-13-5-4-11(10-15)8-12(13)9-14-6-2-3-7-14/h4-5,8,10H,2-3,6-7,9H2,1H3/p+1. The lowest BCUT2D eigenvalue weighted by atomic mass is 10.1. The van der Waals surface area contributed by atoms with E-state index in [1.165, 1.54) is 25.9 Å². The summed E-state index contributed by atoms with van der Waals surface area (Å²) in [7, 11) is 1.68. The van der Waals surface area contributed by atoms with Crippen molar-refractivity contribution in [2.24, 2.45) is 0 Å². The van der Waals surface area contributed by atoms with Crippen LogP contribution in [0, 0.1) is 0 Å². The number of methoxy groups -OCH3 is 1. The van der Waals surface area contributed by atoms with Crippen LogP contribution >= 0.6 is 0 Å². The number of likely N-dealkylation sites (tertiary alicyclic amines) is 1. The molecule has 0 unspecified atom stereocenters. The number of rotatable bonds is 4. The molecule has 1 aliphatic rings. The van der Waals surface area contributed by atoms with E-state index in [-0.39, 0.29) is 0 Å². The average Bonchev–Trinajstić information content (AvgIpc) is 2.82. The summed E-state index contributed by atoms with van der Waals surface area (Å²) in [5.74, 6) is 0.894. The fraction of sp³-hybridized carbons (Fsp3) is 0.462. The zero-order chi connectivity index (χ0) is 11.4. The van der Waals surface area contributed by atoms with Crippen LogP contribution in [0.2, 0.25) is 0 Å². The summed E-state index contributed by atoms with van der Waals surface area (Å²) in [6.07, 6.45) is 3.51. The molecule has 1 aromatic rings. The van der Waals surface area contributed by atoms with Gasteiger partial charge in [-0.1, -0.05) is 0 Å². The first kappa shape index (κ1) is 11.1. The number of ether oxygens (including phenoxy) is 1. The van der Waals surface area contributed by atoms with Crippen LogP contribution in [0.25, 0.3) is 0 Å². The lowest BCUT2D eigenvalue weighted by Crippen LogP contribution is -3.08. The van der Waals surface area contributed by atoms with Crippen molar-refractivity contribution in [1.82, 2.24) is 0 Å². The van der Waals surface area contributed by atoms with E-state index in [2.05, 4.69) is 0 Å². The van der Waals surface area contributed by atoms with Gasteiger partial charge >= 0.3 is 0 Å².